The zero-order valence-electron chi connectivity index (χ0n) is 16.9. The van der Waals surface area contributed by atoms with Crippen LogP contribution in [0.1, 0.15) is 46.7 Å². The van der Waals surface area contributed by atoms with Crippen molar-refractivity contribution in [2.24, 2.45) is 0 Å². The molecule has 6 nitrogen and oxygen atoms in total. The molecule has 5 rings (SSSR count). The molecule has 0 spiro atoms. The highest BCUT2D eigenvalue weighted by Gasteiger charge is 2.69. The van der Waals surface area contributed by atoms with Gasteiger partial charge in [-0.25, -0.2) is 4.98 Å². The van der Waals surface area contributed by atoms with Crippen LogP contribution in [0.25, 0.3) is 0 Å². The molecule has 1 fully saturated rings. The molecule has 6 heteroatoms. The lowest BCUT2D eigenvalue weighted by Crippen LogP contribution is -2.48. The summed E-state index contributed by atoms with van der Waals surface area (Å²) in [5.41, 5.74) is 0.402. The number of hydrogen-bond donors (Lipinski definition) is 1. The molecule has 31 heavy (non-hydrogen) atoms. The van der Waals surface area contributed by atoms with Gasteiger partial charge in [0.05, 0.1) is 24.3 Å². The van der Waals surface area contributed by atoms with Gasteiger partial charge in [0.1, 0.15) is 23.1 Å². The van der Waals surface area contributed by atoms with Crippen LogP contribution in [0.15, 0.2) is 60.7 Å². The topological polar surface area (TPSA) is 99.2 Å². The van der Waals surface area contributed by atoms with E-state index in [9.17, 15) is 15.6 Å². The number of benzene rings is 2. The first kappa shape index (κ1) is 19.1. The first-order valence-corrected chi connectivity index (χ1v) is 10.0. The summed E-state index contributed by atoms with van der Waals surface area (Å²) in [5, 5.41) is 30.9. The molecule has 0 radical (unpaired) electrons. The monoisotopic (exact) mass is 409 g/mol. The number of ether oxygens (including phenoxy) is 2. The van der Waals surface area contributed by atoms with Crippen LogP contribution in [0.5, 0.6) is 11.6 Å². The molecule has 0 saturated heterocycles. The third kappa shape index (κ3) is 2.49. The Kier molecular flexibility index (Phi) is 4.22. The van der Waals surface area contributed by atoms with Crippen molar-refractivity contribution in [3.05, 3.63) is 88.6 Å². The van der Waals surface area contributed by atoms with E-state index in [1.165, 1.54) is 7.11 Å². The van der Waals surface area contributed by atoms with E-state index in [2.05, 4.69) is 11.1 Å². The predicted molar refractivity (Wildman–Crippen MR) is 111 cm³/mol. The van der Waals surface area contributed by atoms with Crippen molar-refractivity contribution in [2.45, 2.75) is 30.0 Å². The number of nitriles is 2. The summed E-state index contributed by atoms with van der Waals surface area (Å²) in [5.74, 6) is 0.436. The Hall–Kier alpha value is -3.87. The van der Waals surface area contributed by atoms with Crippen molar-refractivity contribution in [1.29, 1.82) is 10.5 Å². The van der Waals surface area contributed by atoms with Gasteiger partial charge in [-0.05, 0) is 36.1 Å². The van der Waals surface area contributed by atoms with Crippen molar-refractivity contribution >= 4 is 0 Å². The number of nitrogens with zero attached hydrogens (tertiary/aromatic N) is 3. The zero-order chi connectivity index (χ0) is 21.6. The molecule has 2 heterocycles. The molecule has 3 aromatic rings. The molecule has 1 aromatic heterocycles. The second-order valence-corrected chi connectivity index (χ2v) is 7.89. The van der Waals surface area contributed by atoms with Gasteiger partial charge < -0.3 is 14.6 Å². The minimum atomic E-state index is -1.41. The molecule has 0 bridgehead atoms. The SMILES string of the molecule is COc1nc(C#N)cc2c1C1(O)CCC(c3ccccc3)C1(c1ccc(C#N)cc1)O2. The number of methoxy groups -OCH3 is 1. The van der Waals surface area contributed by atoms with E-state index in [-0.39, 0.29) is 17.5 Å². The number of pyridine rings is 1. The van der Waals surface area contributed by atoms with Crippen LogP contribution < -0.4 is 9.47 Å². The lowest BCUT2D eigenvalue weighted by atomic mass is 9.72. The van der Waals surface area contributed by atoms with E-state index in [1.807, 2.05) is 48.5 Å². The Morgan fingerprint density at radius 2 is 1.84 bits per heavy atom. The highest BCUT2D eigenvalue weighted by Crippen LogP contribution is 2.67. The molecular formula is C25H19N3O3. The average Bonchev–Trinajstić information content (AvgIpc) is 3.26. The van der Waals surface area contributed by atoms with Crippen LogP contribution in [0.2, 0.25) is 0 Å². The largest absolute Gasteiger partial charge is 0.481 e. The molecule has 2 aliphatic rings. The number of hydrogen-bond acceptors (Lipinski definition) is 6. The lowest BCUT2D eigenvalue weighted by molar-refractivity contribution is -0.106. The summed E-state index contributed by atoms with van der Waals surface area (Å²) in [6.07, 6.45) is 1.12. The van der Waals surface area contributed by atoms with Gasteiger partial charge >= 0.3 is 0 Å². The fourth-order valence-electron chi connectivity index (χ4n) is 5.21. The number of aromatic nitrogens is 1. The van der Waals surface area contributed by atoms with Crippen LogP contribution in [-0.2, 0) is 11.2 Å². The molecule has 0 amide bonds. The van der Waals surface area contributed by atoms with Crippen LogP contribution in [0, 0.1) is 22.7 Å². The van der Waals surface area contributed by atoms with Crippen LogP contribution in [0.3, 0.4) is 0 Å². The third-order valence-electron chi connectivity index (χ3n) is 6.49. The molecule has 1 N–H and O–H groups in total. The number of rotatable bonds is 3. The first-order valence-electron chi connectivity index (χ1n) is 10.0. The summed E-state index contributed by atoms with van der Waals surface area (Å²) < 4.78 is 12.1. The highest BCUT2D eigenvalue weighted by atomic mass is 16.5. The maximum atomic E-state index is 12.2. The van der Waals surface area contributed by atoms with E-state index >= 15 is 0 Å². The molecule has 3 atom stereocenters. The number of aliphatic hydroxyl groups is 1. The minimum Gasteiger partial charge on any atom is -0.481 e. The minimum absolute atomic E-state index is 0.158. The van der Waals surface area contributed by atoms with E-state index in [0.717, 1.165) is 11.1 Å². The Bertz CT molecular complexity index is 1240. The van der Waals surface area contributed by atoms with Gasteiger partial charge in [0.2, 0.25) is 5.88 Å². The summed E-state index contributed by atoms with van der Waals surface area (Å²) in [7, 11) is 1.47. The van der Waals surface area contributed by atoms with E-state index in [4.69, 9.17) is 9.47 Å². The predicted octanol–water partition coefficient (Wildman–Crippen LogP) is 3.89. The summed E-state index contributed by atoms with van der Waals surface area (Å²) in [6, 6.07) is 22.8. The standard InChI is InChI=1S/C25H19N3O3/c1-30-23-22-21(13-19(15-27)28-23)31-25(18-9-7-16(14-26)8-10-18)20(11-12-24(22,25)29)17-5-3-2-4-6-17/h2-10,13,20,29H,11-12H2,1H3. The molecule has 3 unspecified atom stereocenters. The van der Waals surface area contributed by atoms with Crippen molar-refractivity contribution in [2.75, 3.05) is 7.11 Å². The normalized spacial score (nSPS) is 25.6. The van der Waals surface area contributed by atoms with Crippen molar-refractivity contribution < 1.29 is 14.6 Å². The highest BCUT2D eigenvalue weighted by molar-refractivity contribution is 5.58. The summed E-state index contributed by atoms with van der Waals surface area (Å²) >= 11 is 0. The second kappa shape index (κ2) is 6.84. The molecular weight excluding hydrogens is 390 g/mol. The Morgan fingerprint density at radius 3 is 2.48 bits per heavy atom. The van der Waals surface area contributed by atoms with Crippen molar-refractivity contribution in [3.63, 3.8) is 0 Å². The second-order valence-electron chi connectivity index (χ2n) is 7.89. The van der Waals surface area contributed by atoms with Crippen LogP contribution in [-0.4, -0.2) is 17.2 Å². The summed E-state index contributed by atoms with van der Waals surface area (Å²) in [6.45, 7) is 0. The third-order valence-corrected chi connectivity index (χ3v) is 6.49. The summed E-state index contributed by atoms with van der Waals surface area (Å²) in [4.78, 5) is 4.27. The first-order chi connectivity index (χ1) is 15.1. The molecule has 1 aliphatic heterocycles. The molecule has 152 valence electrons. The van der Waals surface area contributed by atoms with E-state index < -0.39 is 11.2 Å². The van der Waals surface area contributed by atoms with E-state index in [1.54, 1.807) is 18.2 Å². The van der Waals surface area contributed by atoms with Gasteiger partial charge in [-0.1, -0.05) is 42.5 Å². The lowest BCUT2D eigenvalue weighted by Gasteiger charge is -2.40. The van der Waals surface area contributed by atoms with Gasteiger partial charge in [0.15, 0.2) is 5.60 Å². The Labute approximate surface area is 179 Å². The van der Waals surface area contributed by atoms with Gasteiger partial charge in [0, 0.05) is 12.0 Å². The molecule has 1 aliphatic carbocycles. The maximum absolute atomic E-state index is 12.2. The quantitative estimate of drug-likeness (QED) is 0.705. The number of fused-ring (bicyclic) bond motifs is 3. The fourth-order valence-corrected chi connectivity index (χ4v) is 5.21. The molecule has 1 saturated carbocycles. The van der Waals surface area contributed by atoms with E-state index in [0.29, 0.717) is 29.7 Å². The van der Waals surface area contributed by atoms with Gasteiger partial charge in [-0.3, -0.25) is 0 Å². The Balaban J connectivity index is 1.79. The smallest absolute Gasteiger partial charge is 0.224 e. The maximum Gasteiger partial charge on any atom is 0.224 e. The van der Waals surface area contributed by atoms with Crippen molar-refractivity contribution in [1.82, 2.24) is 4.98 Å². The average molecular weight is 409 g/mol. The van der Waals surface area contributed by atoms with Gasteiger partial charge in [0.25, 0.3) is 0 Å². The van der Waals surface area contributed by atoms with Crippen molar-refractivity contribution in [3.8, 4) is 23.8 Å². The van der Waals surface area contributed by atoms with Crippen LogP contribution in [0.4, 0.5) is 0 Å². The van der Waals surface area contributed by atoms with Gasteiger partial charge in [-0.2, -0.15) is 10.5 Å². The molecule has 2 aromatic carbocycles. The van der Waals surface area contributed by atoms with Gasteiger partial charge in [-0.15, -0.1) is 0 Å². The van der Waals surface area contributed by atoms with Crippen LogP contribution >= 0.6 is 0 Å². The zero-order valence-corrected chi connectivity index (χ0v) is 16.9. The Morgan fingerprint density at radius 1 is 1.10 bits per heavy atom. The fraction of sp³-hybridized carbons (Fsp3) is 0.240.